The molecule has 0 aliphatic carbocycles. The minimum Gasteiger partial charge on any atom is -0.386 e. The van der Waals surface area contributed by atoms with Crippen LogP contribution < -0.4 is 15.5 Å². The highest BCUT2D eigenvalue weighted by molar-refractivity contribution is 7.19. The van der Waals surface area contributed by atoms with Gasteiger partial charge in [-0.3, -0.25) is 4.79 Å². The van der Waals surface area contributed by atoms with Crippen LogP contribution in [0.1, 0.15) is 36.3 Å². The maximum atomic E-state index is 11.9. The number of nitrogens with one attached hydrogen (secondary N) is 2. The van der Waals surface area contributed by atoms with E-state index in [-0.39, 0.29) is 5.91 Å². The highest BCUT2D eigenvalue weighted by atomic mass is 32.1. The summed E-state index contributed by atoms with van der Waals surface area (Å²) in [6.07, 6.45) is 0.964. The number of thiophene rings is 1. The number of aliphatic hydroxyl groups excluding tert-OH is 1. The van der Waals surface area contributed by atoms with Gasteiger partial charge in [0.2, 0.25) is 5.91 Å². The fourth-order valence-corrected chi connectivity index (χ4v) is 4.73. The molecule has 0 bridgehead atoms. The Morgan fingerprint density at radius 2 is 2.00 bits per heavy atom. The van der Waals surface area contributed by atoms with Crippen LogP contribution in [-0.4, -0.2) is 36.6 Å². The molecule has 1 saturated heterocycles. The third-order valence-electron chi connectivity index (χ3n) is 5.32. The van der Waals surface area contributed by atoms with Crippen LogP contribution in [0.4, 0.5) is 5.69 Å². The Labute approximate surface area is 186 Å². The van der Waals surface area contributed by atoms with E-state index in [9.17, 15) is 9.90 Å². The van der Waals surface area contributed by atoms with Crippen molar-refractivity contribution in [2.75, 3.05) is 24.5 Å². The summed E-state index contributed by atoms with van der Waals surface area (Å²) in [7, 11) is 0. The van der Waals surface area contributed by atoms with E-state index in [0.717, 1.165) is 41.0 Å². The minimum atomic E-state index is -0.599. The number of anilines is 1. The lowest BCUT2D eigenvalue weighted by Gasteiger charge is -2.16. The number of hydrogen-bond donors (Lipinski definition) is 3. The van der Waals surface area contributed by atoms with Crippen molar-refractivity contribution < 1.29 is 9.90 Å². The summed E-state index contributed by atoms with van der Waals surface area (Å²) in [5, 5.41) is 18.2. The minimum absolute atomic E-state index is 0.196. The third kappa shape index (κ3) is 5.24. The molecule has 0 radical (unpaired) electrons. The number of nitrogens with zero attached hydrogens (tertiary/aromatic N) is 2. The molecule has 1 unspecified atom stereocenters. The van der Waals surface area contributed by atoms with Crippen molar-refractivity contribution in [3.63, 3.8) is 0 Å². The van der Waals surface area contributed by atoms with Crippen molar-refractivity contribution in [1.82, 2.24) is 10.6 Å². The monoisotopic (exact) mass is 436 g/mol. The van der Waals surface area contributed by atoms with Crippen LogP contribution >= 0.6 is 11.3 Å². The van der Waals surface area contributed by atoms with E-state index < -0.39 is 6.10 Å². The zero-order valence-electron chi connectivity index (χ0n) is 17.7. The van der Waals surface area contributed by atoms with E-state index in [0.29, 0.717) is 25.5 Å². The number of guanidine groups is 1. The summed E-state index contributed by atoms with van der Waals surface area (Å²) >= 11 is 1.61. The van der Waals surface area contributed by atoms with Gasteiger partial charge in [0, 0.05) is 41.3 Å². The van der Waals surface area contributed by atoms with Gasteiger partial charge in [-0.05, 0) is 48.6 Å². The standard InChI is InChI=1S/C24H28N4O2S/c1-2-25-24(27-16-20(29)22-14-18-6-3-4-7-21(18)31-22)26-15-17-9-11-19(12-10-17)28-13-5-8-23(28)30/h3-4,6-7,9-12,14,20,29H,2,5,8,13,15-16H2,1H3,(H2,25,26,27). The number of carbonyl (C=O) groups excluding carboxylic acids is 1. The zero-order chi connectivity index (χ0) is 21.6. The predicted molar refractivity (Wildman–Crippen MR) is 128 cm³/mol. The molecule has 2 aromatic carbocycles. The Hall–Kier alpha value is -2.90. The molecule has 0 spiro atoms. The van der Waals surface area contributed by atoms with Crippen molar-refractivity contribution in [2.45, 2.75) is 32.4 Å². The zero-order valence-corrected chi connectivity index (χ0v) is 18.5. The van der Waals surface area contributed by atoms with Gasteiger partial charge in [-0.1, -0.05) is 30.3 Å². The average molecular weight is 437 g/mol. The number of aliphatic hydroxyl groups is 1. The topological polar surface area (TPSA) is 77.0 Å². The predicted octanol–water partition coefficient (Wildman–Crippen LogP) is 3.82. The van der Waals surface area contributed by atoms with Gasteiger partial charge in [-0.15, -0.1) is 11.3 Å². The lowest BCUT2D eigenvalue weighted by atomic mass is 10.2. The van der Waals surface area contributed by atoms with E-state index in [2.05, 4.69) is 27.8 Å². The highest BCUT2D eigenvalue weighted by Gasteiger charge is 2.21. The van der Waals surface area contributed by atoms with Crippen molar-refractivity contribution in [2.24, 2.45) is 4.99 Å². The number of aliphatic imine (C=N–C) groups is 1. The molecular weight excluding hydrogens is 408 g/mol. The number of benzene rings is 2. The van der Waals surface area contributed by atoms with Crippen molar-refractivity contribution in [3.05, 3.63) is 65.0 Å². The molecule has 0 saturated carbocycles. The number of amides is 1. The molecule has 1 fully saturated rings. The van der Waals surface area contributed by atoms with Crippen LogP contribution in [0, 0.1) is 0 Å². The SMILES string of the molecule is CCNC(=NCc1ccc(N2CCCC2=O)cc1)NCC(O)c1cc2ccccc2s1. The second-order valence-corrected chi connectivity index (χ2v) is 8.71. The van der Waals surface area contributed by atoms with Gasteiger partial charge in [-0.25, -0.2) is 4.99 Å². The summed E-state index contributed by atoms with van der Waals surface area (Å²) < 4.78 is 1.18. The lowest BCUT2D eigenvalue weighted by molar-refractivity contribution is -0.117. The molecule has 6 nitrogen and oxygen atoms in total. The largest absolute Gasteiger partial charge is 0.386 e. The molecule has 31 heavy (non-hydrogen) atoms. The van der Waals surface area contributed by atoms with E-state index in [1.807, 2.05) is 54.3 Å². The van der Waals surface area contributed by atoms with E-state index in [1.165, 1.54) is 4.70 Å². The van der Waals surface area contributed by atoms with E-state index in [4.69, 9.17) is 0 Å². The Bertz CT molecular complexity index is 1030. The van der Waals surface area contributed by atoms with Crippen molar-refractivity contribution in [1.29, 1.82) is 0 Å². The van der Waals surface area contributed by atoms with Gasteiger partial charge in [0.25, 0.3) is 0 Å². The van der Waals surface area contributed by atoms with Gasteiger partial charge in [0.05, 0.1) is 6.54 Å². The Balaban J connectivity index is 1.35. The molecule has 4 rings (SSSR count). The average Bonchev–Trinajstić information content (AvgIpc) is 3.42. The van der Waals surface area contributed by atoms with E-state index >= 15 is 0 Å². The Morgan fingerprint density at radius 3 is 2.71 bits per heavy atom. The molecule has 2 heterocycles. The first-order chi connectivity index (χ1) is 15.1. The molecule has 3 aromatic rings. The molecule has 1 aromatic heterocycles. The van der Waals surface area contributed by atoms with E-state index in [1.54, 1.807) is 11.3 Å². The molecule has 3 N–H and O–H groups in total. The van der Waals surface area contributed by atoms with Gasteiger partial charge in [-0.2, -0.15) is 0 Å². The van der Waals surface area contributed by atoms with Crippen LogP contribution in [0.25, 0.3) is 10.1 Å². The number of rotatable bonds is 7. The van der Waals surface area contributed by atoms with Crippen LogP contribution in [-0.2, 0) is 11.3 Å². The van der Waals surface area contributed by atoms with Gasteiger partial charge >= 0.3 is 0 Å². The quantitative estimate of drug-likeness (QED) is 0.389. The highest BCUT2D eigenvalue weighted by Crippen LogP contribution is 2.29. The first-order valence-corrected chi connectivity index (χ1v) is 11.5. The maximum Gasteiger partial charge on any atom is 0.227 e. The van der Waals surface area contributed by atoms with Crippen LogP contribution in [0.3, 0.4) is 0 Å². The second-order valence-electron chi connectivity index (χ2n) is 7.59. The maximum absolute atomic E-state index is 11.9. The molecule has 1 atom stereocenters. The molecule has 7 heteroatoms. The van der Waals surface area contributed by atoms with Crippen LogP contribution in [0.5, 0.6) is 0 Å². The van der Waals surface area contributed by atoms with Crippen molar-refractivity contribution >= 4 is 39.0 Å². The normalized spacial score (nSPS) is 15.5. The van der Waals surface area contributed by atoms with Crippen molar-refractivity contribution in [3.8, 4) is 0 Å². The molecule has 162 valence electrons. The molecule has 1 aliphatic heterocycles. The molecule has 1 aliphatic rings. The summed E-state index contributed by atoms with van der Waals surface area (Å²) in [6.45, 7) is 4.45. The van der Waals surface area contributed by atoms with Gasteiger partial charge in [0.15, 0.2) is 5.96 Å². The second kappa shape index (κ2) is 9.94. The first kappa shape index (κ1) is 21.3. The molecule has 1 amide bonds. The summed E-state index contributed by atoms with van der Waals surface area (Å²) in [4.78, 5) is 19.3. The fourth-order valence-electron chi connectivity index (χ4n) is 3.68. The lowest BCUT2D eigenvalue weighted by Crippen LogP contribution is -2.39. The van der Waals surface area contributed by atoms with Crippen LogP contribution in [0.15, 0.2) is 59.6 Å². The smallest absolute Gasteiger partial charge is 0.227 e. The molecular formula is C24H28N4O2S. The number of fused-ring (bicyclic) bond motifs is 1. The fraction of sp³-hybridized carbons (Fsp3) is 0.333. The summed E-state index contributed by atoms with van der Waals surface area (Å²) in [5.74, 6) is 0.864. The van der Waals surface area contributed by atoms with Gasteiger partial charge < -0.3 is 20.6 Å². The Kier molecular flexibility index (Phi) is 6.84. The van der Waals surface area contributed by atoms with Gasteiger partial charge in [0.1, 0.15) is 6.10 Å². The Morgan fingerprint density at radius 1 is 1.19 bits per heavy atom. The number of carbonyl (C=O) groups is 1. The number of hydrogen-bond acceptors (Lipinski definition) is 4. The summed E-state index contributed by atoms with van der Waals surface area (Å²) in [6, 6.07) is 18.2. The third-order valence-corrected chi connectivity index (χ3v) is 6.54. The van der Waals surface area contributed by atoms with Crippen LogP contribution in [0.2, 0.25) is 0 Å². The first-order valence-electron chi connectivity index (χ1n) is 10.7. The summed E-state index contributed by atoms with van der Waals surface area (Å²) in [5.41, 5.74) is 2.02.